The molecule has 0 aliphatic carbocycles. The SMILES string of the molecule is Fc1ccc(NCc2nnc(Cc3ccccc3)o2)cc1Cl. The van der Waals surface area contributed by atoms with Crippen molar-refractivity contribution in [1.82, 2.24) is 10.2 Å². The number of benzene rings is 2. The summed E-state index contributed by atoms with van der Waals surface area (Å²) in [6.07, 6.45) is 0.593. The minimum atomic E-state index is -0.449. The summed E-state index contributed by atoms with van der Waals surface area (Å²) >= 11 is 5.72. The highest BCUT2D eigenvalue weighted by Crippen LogP contribution is 2.19. The van der Waals surface area contributed by atoms with E-state index < -0.39 is 5.82 Å². The maximum Gasteiger partial charge on any atom is 0.235 e. The van der Waals surface area contributed by atoms with E-state index in [9.17, 15) is 4.39 Å². The maximum atomic E-state index is 13.1. The molecule has 0 unspecified atom stereocenters. The second-order valence-corrected chi connectivity index (χ2v) is 5.14. The molecule has 0 atom stereocenters. The van der Waals surface area contributed by atoms with Crippen LogP contribution in [-0.4, -0.2) is 10.2 Å². The average molecular weight is 318 g/mol. The molecule has 112 valence electrons. The summed E-state index contributed by atoms with van der Waals surface area (Å²) in [6, 6.07) is 14.3. The van der Waals surface area contributed by atoms with Gasteiger partial charge in [0, 0.05) is 5.69 Å². The molecule has 0 radical (unpaired) electrons. The summed E-state index contributed by atoms with van der Waals surface area (Å²) < 4.78 is 18.6. The lowest BCUT2D eigenvalue weighted by atomic mass is 10.2. The molecule has 0 aliphatic rings. The zero-order valence-electron chi connectivity index (χ0n) is 11.6. The zero-order chi connectivity index (χ0) is 15.4. The Hall–Kier alpha value is -2.40. The molecule has 3 rings (SSSR count). The molecule has 0 amide bonds. The molecular formula is C16H13ClFN3O. The molecule has 4 nitrogen and oxygen atoms in total. The number of hydrogen-bond donors (Lipinski definition) is 1. The standard InChI is InChI=1S/C16H13ClFN3O/c17-13-9-12(6-7-14(13)18)19-10-16-21-20-15(22-16)8-11-4-2-1-3-5-11/h1-7,9,19H,8,10H2. The Labute approximate surface area is 131 Å². The van der Waals surface area contributed by atoms with Crippen LogP contribution in [0.5, 0.6) is 0 Å². The van der Waals surface area contributed by atoms with E-state index in [-0.39, 0.29) is 5.02 Å². The van der Waals surface area contributed by atoms with Crippen molar-refractivity contribution in [2.45, 2.75) is 13.0 Å². The molecule has 0 aliphatic heterocycles. The molecule has 22 heavy (non-hydrogen) atoms. The molecule has 0 spiro atoms. The third-order valence-corrected chi connectivity index (χ3v) is 3.36. The number of rotatable bonds is 5. The van der Waals surface area contributed by atoms with Crippen LogP contribution in [-0.2, 0) is 13.0 Å². The Kier molecular flexibility index (Phi) is 4.34. The van der Waals surface area contributed by atoms with Crippen LogP contribution in [0.3, 0.4) is 0 Å². The summed E-state index contributed by atoms with van der Waals surface area (Å²) in [7, 11) is 0. The number of nitrogens with zero attached hydrogens (tertiary/aromatic N) is 2. The van der Waals surface area contributed by atoms with Gasteiger partial charge in [-0.1, -0.05) is 41.9 Å². The van der Waals surface area contributed by atoms with Gasteiger partial charge < -0.3 is 9.73 Å². The summed E-state index contributed by atoms with van der Waals surface area (Å²) in [6.45, 7) is 0.351. The van der Waals surface area contributed by atoms with Crippen molar-refractivity contribution in [3.05, 3.63) is 76.7 Å². The molecular weight excluding hydrogens is 305 g/mol. The van der Waals surface area contributed by atoms with Gasteiger partial charge in [0.1, 0.15) is 5.82 Å². The van der Waals surface area contributed by atoms with E-state index in [0.717, 1.165) is 5.56 Å². The zero-order valence-corrected chi connectivity index (χ0v) is 12.3. The average Bonchev–Trinajstić information content (AvgIpc) is 2.97. The molecule has 1 heterocycles. The molecule has 1 aromatic heterocycles. The fraction of sp³-hybridized carbons (Fsp3) is 0.125. The number of anilines is 1. The lowest BCUT2D eigenvalue weighted by Crippen LogP contribution is -1.99. The Morgan fingerprint density at radius 3 is 2.59 bits per heavy atom. The van der Waals surface area contributed by atoms with E-state index in [0.29, 0.717) is 30.4 Å². The van der Waals surface area contributed by atoms with Gasteiger partial charge >= 0.3 is 0 Å². The van der Waals surface area contributed by atoms with Crippen LogP contribution in [0.1, 0.15) is 17.3 Å². The fourth-order valence-electron chi connectivity index (χ4n) is 1.99. The smallest absolute Gasteiger partial charge is 0.235 e. The van der Waals surface area contributed by atoms with Crippen LogP contribution in [0.2, 0.25) is 5.02 Å². The normalized spacial score (nSPS) is 10.6. The van der Waals surface area contributed by atoms with E-state index in [1.807, 2.05) is 30.3 Å². The minimum Gasteiger partial charge on any atom is -0.423 e. The van der Waals surface area contributed by atoms with Crippen molar-refractivity contribution < 1.29 is 8.81 Å². The number of hydrogen-bond acceptors (Lipinski definition) is 4. The lowest BCUT2D eigenvalue weighted by molar-refractivity contribution is 0.464. The van der Waals surface area contributed by atoms with Crippen LogP contribution < -0.4 is 5.32 Å². The van der Waals surface area contributed by atoms with Gasteiger partial charge in [-0.3, -0.25) is 0 Å². The van der Waals surface area contributed by atoms with Crippen LogP contribution in [0, 0.1) is 5.82 Å². The first kappa shape index (κ1) is 14.5. The highest BCUT2D eigenvalue weighted by Gasteiger charge is 2.07. The first-order valence-electron chi connectivity index (χ1n) is 6.75. The minimum absolute atomic E-state index is 0.0697. The molecule has 6 heteroatoms. The van der Waals surface area contributed by atoms with E-state index in [2.05, 4.69) is 15.5 Å². The van der Waals surface area contributed by atoms with E-state index in [1.54, 1.807) is 6.07 Å². The van der Waals surface area contributed by atoms with Crippen LogP contribution in [0.4, 0.5) is 10.1 Å². The molecule has 0 bridgehead atoms. The van der Waals surface area contributed by atoms with Crippen LogP contribution in [0.25, 0.3) is 0 Å². The summed E-state index contributed by atoms with van der Waals surface area (Å²) in [4.78, 5) is 0. The van der Waals surface area contributed by atoms with E-state index >= 15 is 0 Å². The van der Waals surface area contributed by atoms with Crippen molar-refractivity contribution in [1.29, 1.82) is 0 Å². The second-order valence-electron chi connectivity index (χ2n) is 4.73. The largest absolute Gasteiger partial charge is 0.423 e. The molecule has 0 saturated heterocycles. The summed E-state index contributed by atoms with van der Waals surface area (Å²) in [5.41, 5.74) is 1.80. The van der Waals surface area contributed by atoms with Gasteiger partial charge in [-0.05, 0) is 23.8 Å². The van der Waals surface area contributed by atoms with Gasteiger partial charge in [-0.15, -0.1) is 10.2 Å². The van der Waals surface area contributed by atoms with Crippen molar-refractivity contribution >= 4 is 17.3 Å². The Morgan fingerprint density at radius 2 is 1.82 bits per heavy atom. The Bertz CT molecular complexity index is 761. The monoisotopic (exact) mass is 317 g/mol. The molecule has 2 aromatic carbocycles. The van der Waals surface area contributed by atoms with Crippen LogP contribution in [0.15, 0.2) is 52.9 Å². The van der Waals surface area contributed by atoms with Crippen molar-refractivity contribution in [2.24, 2.45) is 0 Å². The lowest BCUT2D eigenvalue weighted by Gasteiger charge is -2.04. The van der Waals surface area contributed by atoms with Gasteiger partial charge in [-0.2, -0.15) is 0 Å². The predicted octanol–water partition coefficient (Wildman–Crippen LogP) is 4.07. The van der Waals surface area contributed by atoms with Crippen molar-refractivity contribution in [3.63, 3.8) is 0 Å². The number of halogens is 2. The van der Waals surface area contributed by atoms with Gasteiger partial charge in [0.25, 0.3) is 0 Å². The topological polar surface area (TPSA) is 51.0 Å². The Balaban J connectivity index is 1.61. The number of nitrogens with one attached hydrogen (secondary N) is 1. The first-order chi connectivity index (χ1) is 10.7. The highest BCUT2D eigenvalue weighted by atomic mass is 35.5. The quantitative estimate of drug-likeness (QED) is 0.771. The van der Waals surface area contributed by atoms with E-state index in [4.69, 9.17) is 16.0 Å². The number of aromatic nitrogens is 2. The van der Waals surface area contributed by atoms with Gasteiger partial charge in [0.15, 0.2) is 0 Å². The maximum absolute atomic E-state index is 13.1. The van der Waals surface area contributed by atoms with Gasteiger partial charge in [0.05, 0.1) is 18.0 Å². The fourth-order valence-corrected chi connectivity index (χ4v) is 2.17. The molecule has 0 fully saturated rings. The molecule has 0 saturated carbocycles. The molecule has 3 aromatic rings. The van der Waals surface area contributed by atoms with Gasteiger partial charge in [-0.25, -0.2) is 4.39 Å². The first-order valence-corrected chi connectivity index (χ1v) is 7.12. The third kappa shape index (κ3) is 3.62. The summed E-state index contributed by atoms with van der Waals surface area (Å²) in [5, 5.41) is 11.1. The second kappa shape index (κ2) is 6.58. The van der Waals surface area contributed by atoms with Crippen LogP contribution >= 0.6 is 11.6 Å². The highest BCUT2D eigenvalue weighted by molar-refractivity contribution is 6.31. The Morgan fingerprint density at radius 1 is 1.05 bits per heavy atom. The van der Waals surface area contributed by atoms with Crippen molar-refractivity contribution in [3.8, 4) is 0 Å². The molecule has 1 N–H and O–H groups in total. The summed E-state index contributed by atoms with van der Waals surface area (Å²) in [5.74, 6) is 0.571. The third-order valence-electron chi connectivity index (χ3n) is 3.07. The van der Waals surface area contributed by atoms with Gasteiger partial charge in [0.2, 0.25) is 11.8 Å². The van der Waals surface area contributed by atoms with Crippen molar-refractivity contribution in [2.75, 3.05) is 5.32 Å². The van der Waals surface area contributed by atoms with E-state index in [1.165, 1.54) is 12.1 Å². The predicted molar refractivity (Wildman–Crippen MR) is 82.3 cm³/mol.